The number of rotatable bonds is 5. The average molecular weight is 384 g/mol. The maximum Gasteiger partial charge on any atom is 0.279 e. The second-order valence-corrected chi connectivity index (χ2v) is 7.87. The molecule has 0 aliphatic carbocycles. The molecule has 1 aromatic carbocycles. The third-order valence-corrected chi connectivity index (χ3v) is 6.04. The molecule has 0 bridgehead atoms. The molecule has 1 heterocycles. The lowest BCUT2D eigenvalue weighted by Gasteiger charge is -2.34. The third-order valence-electron chi connectivity index (χ3n) is 4.26. The molecule has 2 N–H and O–H groups in total. The van der Waals surface area contributed by atoms with Gasteiger partial charge in [-0.25, -0.2) is 8.78 Å². The van der Waals surface area contributed by atoms with Crippen molar-refractivity contribution in [2.24, 2.45) is 0 Å². The van der Waals surface area contributed by atoms with Gasteiger partial charge in [-0.2, -0.15) is 17.4 Å². The highest BCUT2D eigenvalue weighted by Crippen LogP contribution is 2.27. The number of nitrogens with one attached hydrogen (secondary N) is 2. The van der Waals surface area contributed by atoms with Gasteiger partial charge in [-0.3, -0.25) is 0 Å². The van der Waals surface area contributed by atoms with Gasteiger partial charge in [0.05, 0.1) is 0 Å². The number of hydrogen-bond donors (Lipinski definition) is 2. The van der Waals surface area contributed by atoms with Crippen molar-refractivity contribution < 1.29 is 17.2 Å². The van der Waals surface area contributed by atoms with Crippen LogP contribution in [0.4, 0.5) is 8.78 Å². The largest absolute Gasteiger partial charge is 0.315 e. The SMILES string of the molecule is CC(C)N(C)S(=O)(=O)NC1CNCCC1c1ccc(F)c(F)c1.Cl. The van der Waals surface area contributed by atoms with Crippen LogP contribution in [0.2, 0.25) is 0 Å². The minimum Gasteiger partial charge on any atom is -0.315 e. The van der Waals surface area contributed by atoms with Crippen molar-refractivity contribution in [2.45, 2.75) is 38.3 Å². The number of nitrogens with zero attached hydrogens (tertiary/aromatic N) is 1. The number of benzene rings is 1. The van der Waals surface area contributed by atoms with Gasteiger partial charge in [-0.05, 0) is 44.5 Å². The van der Waals surface area contributed by atoms with Crippen LogP contribution in [0.5, 0.6) is 0 Å². The highest BCUT2D eigenvalue weighted by molar-refractivity contribution is 7.87. The molecule has 9 heteroatoms. The Labute approximate surface area is 148 Å². The van der Waals surface area contributed by atoms with Crippen LogP contribution in [-0.2, 0) is 10.2 Å². The quantitative estimate of drug-likeness (QED) is 0.817. The van der Waals surface area contributed by atoms with Gasteiger partial charge in [0.15, 0.2) is 11.6 Å². The minimum absolute atomic E-state index is 0. The summed E-state index contributed by atoms with van der Waals surface area (Å²) in [5.74, 6) is -2.03. The normalized spacial score (nSPS) is 21.8. The van der Waals surface area contributed by atoms with Crippen LogP contribution in [0.1, 0.15) is 31.7 Å². The van der Waals surface area contributed by atoms with Crippen LogP contribution >= 0.6 is 12.4 Å². The summed E-state index contributed by atoms with van der Waals surface area (Å²) in [5, 5.41) is 3.14. The van der Waals surface area contributed by atoms with E-state index < -0.39 is 27.9 Å². The highest BCUT2D eigenvalue weighted by atomic mass is 35.5. The first-order valence-electron chi connectivity index (χ1n) is 7.63. The van der Waals surface area contributed by atoms with E-state index in [-0.39, 0.29) is 24.4 Å². The first-order valence-corrected chi connectivity index (χ1v) is 9.07. The molecule has 5 nitrogen and oxygen atoms in total. The molecule has 1 fully saturated rings. The summed E-state index contributed by atoms with van der Waals surface area (Å²) in [4.78, 5) is 0. The molecule has 2 rings (SSSR count). The Bertz CT molecular complexity index is 658. The van der Waals surface area contributed by atoms with Gasteiger partial charge >= 0.3 is 0 Å². The molecule has 1 aromatic rings. The standard InChI is InChI=1S/C15H23F2N3O2S.ClH/c1-10(2)20(3)23(21,22)19-15-9-18-7-6-12(15)11-4-5-13(16)14(17)8-11;/h4-5,8,10,12,15,18-19H,6-7,9H2,1-3H3;1H. The lowest BCUT2D eigenvalue weighted by Crippen LogP contribution is -2.54. The summed E-state index contributed by atoms with van der Waals surface area (Å²) < 4.78 is 55.3. The van der Waals surface area contributed by atoms with Gasteiger partial charge in [0.2, 0.25) is 0 Å². The van der Waals surface area contributed by atoms with Crippen LogP contribution in [0.3, 0.4) is 0 Å². The van der Waals surface area contributed by atoms with E-state index in [0.29, 0.717) is 25.1 Å². The molecule has 0 saturated carbocycles. The Balaban J connectivity index is 0.00000288. The highest BCUT2D eigenvalue weighted by Gasteiger charge is 2.32. The first kappa shape index (κ1) is 21.2. The molecule has 0 radical (unpaired) electrons. The Kier molecular flexibility index (Phi) is 7.55. The summed E-state index contributed by atoms with van der Waals surface area (Å²) in [6.07, 6.45) is 0.643. The summed E-state index contributed by atoms with van der Waals surface area (Å²) in [6.45, 7) is 4.70. The van der Waals surface area contributed by atoms with E-state index in [1.165, 1.54) is 17.4 Å². The van der Waals surface area contributed by atoms with Gasteiger partial charge in [-0.15, -0.1) is 12.4 Å². The summed E-state index contributed by atoms with van der Waals surface area (Å²) in [5.41, 5.74) is 0.602. The topological polar surface area (TPSA) is 61.4 Å². The maximum atomic E-state index is 13.5. The lowest BCUT2D eigenvalue weighted by atomic mass is 9.86. The third kappa shape index (κ3) is 4.86. The van der Waals surface area contributed by atoms with Crippen molar-refractivity contribution >= 4 is 22.6 Å². The molecule has 0 spiro atoms. The van der Waals surface area contributed by atoms with Gasteiger partial charge in [0.25, 0.3) is 10.2 Å². The molecule has 0 aromatic heterocycles. The molecule has 1 aliphatic rings. The van der Waals surface area contributed by atoms with E-state index in [4.69, 9.17) is 0 Å². The molecule has 2 unspecified atom stereocenters. The molecule has 1 aliphatic heterocycles. The zero-order valence-electron chi connectivity index (χ0n) is 13.9. The summed E-state index contributed by atoms with van der Waals surface area (Å²) in [6, 6.07) is 3.16. The first-order chi connectivity index (χ1) is 10.7. The molecular formula is C15H24ClF2N3O2S. The molecule has 138 valence electrons. The Morgan fingerprint density at radius 3 is 2.54 bits per heavy atom. The van der Waals surface area contributed by atoms with Gasteiger partial charge in [0.1, 0.15) is 0 Å². The van der Waals surface area contributed by atoms with E-state index >= 15 is 0 Å². The molecule has 1 saturated heterocycles. The molecular weight excluding hydrogens is 360 g/mol. The minimum atomic E-state index is -3.64. The predicted octanol–water partition coefficient (Wildman–Crippen LogP) is 2.01. The van der Waals surface area contributed by atoms with E-state index in [2.05, 4.69) is 10.0 Å². The molecule has 24 heavy (non-hydrogen) atoms. The van der Waals surface area contributed by atoms with E-state index in [1.807, 2.05) is 0 Å². The Hall–Kier alpha value is -0.800. The van der Waals surface area contributed by atoms with Crippen molar-refractivity contribution in [1.82, 2.24) is 14.3 Å². The molecule has 0 amide bonds. The fraction of sp³-hybridized carbons (Fsp3) is 0.600. The second kappa shape index (κ2) is 8.53. The molecule has 2 atom stereocenters. The number of hydrogen-bond acceptors (Lipinski definition) is 3. The van der Waals surface area contributed by atoms with Gasteiger partial charge in [-0.1, -0.05) is 6.07 Å². The van der Waals surface area contributed by atoms with Crippen molar-refractivity contribution in [3.8, 4) is 0 Å². The zero-order valence-corrected chi connectivity index (χ0v) is 15.6. The van der Waals surface area contributed by atoms with Gasteiger partial charge in [0, 0.05) is 31.6 Å². The fourth-order valence-electron chi connectivity index (χ4n) is 2.68. The van der Waals surface area contributed by atoms with Crippen LogP contribution in [0, 0.1) is 11.6 Å². The van der Waals surface area contributed by atoms with E-state index in [1.54, 1.807) is 13.8 Å². The zero-order chi connectivity index (χ0) is 17.2. The summed E-state index contributed by atoms with van der Waals surface area (Å²) >= 11 is 0. The van der Waals surface area contributed by atoms with Crippen LogP contribution < -0.4 is 10.0 Å². The second-order valence-electron chi connectivity index (χ2n) is 6.11. The predicted molar refractivity (Wildman–Crippen MR) is 92.6 cm³/mol. The van der Waals surface area contributed by atoms with Crippen molar-refractivity contribution in [2.75, 3.05) is 20.1 Å². The van der Waals surface area contributed by atoms with Crippen molar-refractivity contribution in [3.05, 3.63) is 35.4 Å². The van der Waals surface area contributed by atoms with Gasteiger partial charge < -0.3 is 5.32 Å². The fourth-order valence-corrected chi connectivity index (χ4v) is 4.03. The monoisotopic (exact) mass is 383 g/mol. The van der Waals surface area contributed by atoms with Crippen molar-refractivity contribution in [3.63, 3.8) is 0 Å². The number of halogens is 3. The van der Waals surface area contributed by atoms with Crippen LogP contribution in [0.15, 0.2) is 18.2 Å². The van der Waals surface area contributed by atoms with E-state index in [0.717, 1.165) is 12.1 Å². The lowest BCUT2D eigenvalue weighted by molar-refractivity contribution is 0.352. The average Bonchev–Trinajstić information content (AvgIpc) is 2.49. The smallest absolute Gasteiger partial charge is 0.279 e. The van der Waals surface area contributed by atoms with Crippen molar-refractivity contribution in [1.29, 1.82) is 0 Å². The maximum absolute atomic E-state index is 13.5. The number of piperidine rings is 1. The van der Waals surface area contributed by atoms with Crippen LogP contribution in [0.25, 0.3) is 0 Å². The van der Waals surface area contributed by atoms with Crippen LogP contribution in [-0.4, -0.2) is 44.9 Å². The van der Waals surface area contributed by atoms with E-state index in [9.17, 15) is 17.2 Å². The Morgan fingerprint density at radius 2 is 1.96 bits per heavy atom. The Morgan fingerprint density at radius 1 is 1.29 bits per heavy atom. The summed E-state index contributed by atoms with van der Waals surface area (Å²) in [7, 11) is -2.13.